The van der Waals surface area contributed by atoms with Crippen molar-refractivity contribution in [3.8, 4) is 0 Å². The first-order chi connectivity index (χ1) is 7.04. The molecule has 0 fully saturated rings. The van der Waals surface area contributed by atoms with Gasteiger partial charge in [0.25, 0.3) is 0 Å². The van der Waals surface area contributed by atoms with E-state index in [-0.39, 0.29) is 7.02 Å². The van der Waals surface area contributed by atoms with Crippen molar-refractivity contribution in [2.45, 2.75) is 19.5 Å². The van der Waals surface area contributed by atoms with Crippen LogP contribution in [0.5, 0.6) is 0 Å². The number of halogens is 1. The largest absolute Gasteiger partial charge is 0.480 e. The van der Waals surface area contributed by atoms with E-state index in [4.69, 9.17) is 6.48 Å². The fourth-order valence-corrected chi connectivity index (χ4v) is 2.44. The van der Waals surface area contributed by atoms with Gasteiger partial charge in [0.1, 0.15) is 6.04 Å². The lowest BCUT2D eigenvalue weighted by molar-refractivity contribution is -0.142. The Morgan fingerprint density at radius 3 is 3.00 bits per heavy atom. The van der Waals surface area contributed by atoms with Crippen molar-refractivity contribution < 1.29 is 11.3 Å². The summed E-state index contributed by atoms with van der Waals surface area (Å²) < 4.78 is 8.31. The molecule has 0 aliphatic heterocycles. The van der Waals surface area contributed by atoms with Gasteiger partial charge in [-0.05, 0) is 42.0 Å². The molecule has 78 valence electrons. The smallest absolute Gasteiger partial charge is 0.320 e. The van der Waals surface area contributed by atoms with Gasteiger partial charge in [-0.2, -0.15) is 0 Å². The first-order valence-corrected chi connectivity index (χ1v) is 5.66. The van der Waals surface area contributed by atoms with Crippen LogP contribution in [0.4, 0.5) is 0 Å². The van der Waals surface area contributed by atoms with Crippen LogP contribution in [-0.2, 0) is 11.3 Å². The molecule has 1 atom stereocenters. The summed E-state index contributed by atoms with van der Waals surface area (Å²) in [4.78, 5) is 13.4. The summed E-state index contributed by atoms with van der Waals surface area (Å²) in [6.45, 7) is 2.10. The lowest BCUT2D eigenvalue weighted by Crippen LogP contribution is -2.34. The van der Waals surface area contributed by atoms with E-state index in [0.29, 0.717) is 6.54 Å². The Labute approximate surface area is 96.9 Å². The second-order valence-corrected chi connectivity index (χ2v) is 5.51. The molecular weight excluding hydrogens is 266 g/mol. The molecule has 1 aromatic heterocycles. The zero-order valence-corrected chi connectivity index (χ0v) is 10.1. The molecule has 0 aliphatic rings. The summed E-state index contributed by atoms with van der Waals surface area (Å²) in [5, 5.41) is 8.84. The van der Waals surface area contributed by atoms with Crippen molar-refractivity contribution in [3.63, 3.8) is 0 Å². The van der Waals surface area contributed by atoms with Gasteiger partial charge in [0.15, 0.2) is 0 Å². The van der Waals surface area contributed by atoms with Gasteiger partial charge in [-0.3, -0.25) is 9.69 Å². The molecule has 0 spiro atoms. The zero-order valence-electron chi connectivity index (χ0n) is 8.74. The van der Waals surface area contributed by atoms with Crippen molar-refractivity contribution in [1.82, 2.24) is 4.90 Å². The summed E-state index contributed by atoms with van der Waals surface area (Å²) in [5.74, 6) is -0.891. The number of likely N-dealkylation sites (N-methyl/N-ethyl adjacent to an activating group) is 1. The lowest BCUT2D eigenvalue weighted by Gasteiger charge is -2.19. The summed E-state index contributed by atoms with van der Waals surface area (Å²) in [6, 6.07) is 3.24. The first-order valence-electron chi connectivity index (χ1n) is 4.75. The van der Waals surface area contributed by atoms with Gasteiger partial charge in [-0.25, -0.2) is 0 Å². The SMILES string of the molecule is [2H]CN(Cc1ccc(Br)s1)[C@@H](C)C(=O)O. The maximum Gasteiger partial charge on any atom is 0.320 e. The predicted octanol–water partition coefficient (Wildman–Crippen LogP) is 2.42. The molecule has 1 aromatic rings. The predicted molar refractivity (Wildman–Crippen MR) is 60.6 cm³/mol. The zero-order chi connectivity index (χ0) is 11.4. The van der Waals surface area contributed by atoms with Crippen LogP contribution in [-0.4, -0.2) is 29.0 Å². The average molecular weight is 279 g/mol. The second kappa shape index (κ2) is 4.91. The van der Waals surface area contributed by atoms with Gasteiger partial charge in [0, 0.05) is 12.8 Å². The summed E-state index contributed by atoms with van der Waals surface area (Å²) >= 11 is 4.91. The summed E-state index contributed by atoms with van der Waals surface area (Å²) in [7, 11) is -0.0109. The Morgan fingerprint density at radius 1 is 1.86 bits per heavy atom. The Hall–Kier alpha value is -0.390. The maximum absolute atomic E-state index is 10.8. The second-order valence-electron chi connectivity index (χ2n) is 2.97. The Morgan fingerprint density at radius 2 is 2.57 bits per heavy atom. The van der Waals surface area contributed by atoms with E-state index >= 15 is 0 Å². The fraction of sp³-hybridized carbons (Fsp3) is 0.444. The molecular formula is C9H12BrNO2S. The molecule has 5 heteroatoms. The molecule has 1 rings (SSSR count). The topological polar surface area (TPSA) is 40.5 Å². The van der Waals surface area contributed by atoms with Gasteiger partial charge < -0.3 is 5.11 Å². The van der Waals surface area contributed by atoms with Crippen molar-refractivity contribution in [1.29, 1.82) is 0 Å². The molecule has 0 aliphatic carbocycles. The number of carboxylic acids is 1. The summed E-state index contributed by atoms with van der Waals surface area (Å²) in [5.41, 5.74) is 0. The molecule has 0 saturated heterocycles. The molecule has 3 nitrogen and oxygen atoms in total. The number of rotatable bonds is 4. The Kier molecular flexibility index (Phi) is 3.55. The Balaban J connectivity index is 2.65. The van der Waals surface area contributed by atoms with Crippen LogP contribution < -0.4 is 0 Å². The van der Waals surface area contributed by atoms with Crippen LogP contribution >= 0.6 is 27.3 Å². The minimum atomic E-state index is -0.891. The quantitative estimate of drug-likeness (QED) is 0.920. The summed E-state index contributed by atoms with van der Waals surface area (Å²) in [6.07, 6.45) is 0. The molecule has 14 heavy (non-hydrogen) atoms. The highest BCUT2D eigenvalue weighted by Crippen LogP contribution is 2.23. The van der Waals surface area contributed by atoms with Gasteiger partial charge in [-0.1, -0.05) is 0 Å². The highest BCUT2D eigenvalue weighted by Gasteiger charge is 2.16. The number of carbonyl (C=O) groups is 1. The van der Waals surface area contributed by atoms with E-state index in [1.807, 2.05) is 12.1 Å². The van der Waals surface area contributed by atoms with E-state index < -0.39 is 12.0 Å². The van der Waals surface area contributed by atoms with Gasteiger partial charge in [0.2, 0.25) is 0 Å². The van der Waals surface area contributed by atoms with Gasteiger partial charge in [-0.15, -0.1) is 11.3 Å². The van der Waals surface area contributed by atoms with Crippen LogP contribution in [0.3, 0.4) is 0 Å². The number of hydrogen-bond acceptors (Lipinski definition) is 3. The van der Waals surface area contributed by atoms with Gasteiger partial charge >= 0.3 is 5.97 Å². The van der Waals surface area contributed by atoms with Gasteiger partial charge in [0.05, 0.1) is 3.79 Å². The van der Waals surface area contributed by atoms with Crippen molar-refractivity contribution in [2.75, 3.05) is 7.02 Å². The molecule has 0 radical (unpaired) electrons. The minimum Gasteiger partial charge on any atom is -0.480 e. The number of nitrogens with zero attached hydrogens (tertiary/aromatic N) is 1. The van der Waals surface area contributed by atoms with Crippen LogP contribution in [0.2, 0.25) is 0 Å². The van der Waals surface area contributed by atoms with Crippen molar-refractivity contribution in [2.24, 2.45) is 0 Å². The van der Waals surface area contributed by atoms with Crippen LogP contribution in [0.1, 0.15) is 13.2 Å². The molecule has 1 heterocycles. The average Bonchev–Trinajstić information content (AvgIpc) is 2.59. The van der Waals surface area contributed by atoms with Crippen LogP contribution in [0, 0.1) is 0 Å². The minimum absolute atomic E-state index is 0.0109. The van der Waals surface area contributed by atoms with Crippen molar-refractivity contribution in [3.05, 3.63) is 20.8 Å². The third kappa shape index (κ3) is 3.08. The highest BCUT2D eigenvalue weighted by molar-refractivity contribution is 9.11. The first kappa shape index (κ1) is 10.1. The Bertz CT molecular complexity index is 345. The number of aliphatic carboxylic acids is 1. The maximum atomic E-state index is 10.8. The van der Waals surface area contributed by atoms with E-state index in [0.717, 1.165) is 8.66 Å². The molecule has 0 aromatic carbocycles. The number of thiophene rings is 1. The van der Waals surface area contributed by atoms with E-state index in [2.05, 4.69) is 15.9 Å². The highest BCUT2D eigenvalue weighted by atomic mass is 79.9. The van der Waals surface area contributed by atoms with E-state index in [9.17, 15) is 4.79 Å². The van der Waals surface area contributed by atoms with Crippen LogP contribution in [0.25, 0.3) is 0 Å². The van der Waals surface area contributed by atoms with Crippen LogP contribution in [0.15, 0.2) is 15.9 Å². The standard InChI is InChI=1S/C9H12BrNO2S/c1-6(9(12)13)11(2)5-7-3-4-8(10)14-7/h3-4,6H,5H2,1-2H3,(H,12,13)/t6-/m0/s1/i2D. The number of carboxylic acid groups (broad SMARTS) is 1. The normalized spacial score (nSPS) is 14.1. The third-order valence-electron chi connectivity index (χ3n) is 1.89. The molecule has 0 unspecified atom stereocenters. The number of hydrogen-bond donors (Lipinski definition) is 1. The molecule has 0 amide bonds. The monoisotopic (exact) mass is 278 g/mol. The third-order valence-corrected chi connectivity index (χ3v) is 3.50. The molecule has 0 saturated carbocycles. The molecule has 0 bridgehead atoms. The van der Waals surface area contributed by atoms with E-state index in [1.54, 1.807) is 23.2 Å². The fourth-order valence-electron chi connectivity index (χ4n) is 0.930. The molecule has 1 N–H and O–H groups in total. The lowest BCUT2D eigenvalue weighted by atomic mass is 10.3. The van der Waals surface area contributed by atoms with E-state index in [1.165, 1.54) is 0 Å². The van der Waals surface area contributed by atoms with Crippen molar-refractivity contribution >= 4 is 33.2 Å².